The molecule has 1 fully saturated rings. The van der Waals surface area contributed by atoms with Gasteiger partial charge in [-0.3, -0.25) is 4.79 Å². The number of aliphatic hydroxyl groups excluding tert-OH is 2. The van der Waals surface area contributed by atoms with Gasteiger partial charge in [0.1, 0.15) is 0 Å². The minimum absolute atomic E-state index is 0.0784. The molecular weight excluding hydrogens is 620 g/mol. The lowest BCUT2D eigenvalue weighted by Gasteiger charge is -2.44. The Morgan fingerprint density at radius 3 is 2.24 bits per heavy atom. The van der Waals surface area contributed by atoms with Crippen molar-refractivity contribution < 1.29 is 25.1 Å². The third kappa shape index (κ3) is 6.01. The van der Waals surface area contributed by atoms with Gasteiger partial charge in [-0.15, -0.1) is 0 Å². The number of aromatic amines is 1. The first-order chi connectivity index (χ1) is 24.1. The number of H-pyrrole nitrogens is 1. The maximum absolute atomic E-state index is 14.2. The van der Waals surface area contributed by atoms with Gasteiger partial charge in [0.2, 0.25) is 11.1 Å². The number of benzene rings is 2. The molecule has 3 aromatic rings. The van der Waals surface area contributed by atoms with Crippen molar-refractivity contribution in [2.75, 3.05) is 13.2 Å². The van der Waals surface area contributed by atoms with Gasteiger partial charge in [0, 0.05) is 57.5 Å². The molecule has 1 aromatic heterocycles. The number of ketones is 1. The predicted octanol–water partition coefficient (Wildman–Crippen LogP) is 2.81. The molecular formula is C44H50N2O4. The Kier molecular flexibility index (Phi) is 9.31. The second-order valence-corrected chi connectivity index (χ2v) is 15.6. The van der Waals surface area contributed by atoms with Gasteiger partial charge in [0.05, 0.1) is 10.8 Å². The standard InChI is InChI=1S/C44H49N2O4/c1-43(2)25-37-39(29-17-9-11-19-35(29)45-37)27(15-7-5-13-21-47)33(43)23-31-41(49)32(42(31)50)24-34-28(16-8-6-14-22-48)40-30-18-10-12-20-36(30)46-38(40)26-44(34,3)4/h9-12,17-20,23-26,31,41,45,47-48H,5-8,13-16,21-22H2,1-4H3/q-1/p+1. The van der Waals surface area contributed by atoms with Crippen LogP contribution in [0.4, 0.5) is 0 Å². The SMILES string of the molecule is CC1(C)C=c2[nH]c3ccccc3c2=C(CCCCCO)C1=CC1C(=O)C(=CC2=C(CCCCCO)C3=c4ccccc4=[NH+]C3=CC2(C)C)C1[O-]. The average Bonchev–Trinajstić information content (AvgIpc) is 3.63. The molecule has 1 aliphatic heterocycles. The monoisotopic (exact) mass is 670 g/mol. The van der Waals surface area contributed by atoms with Crippen LogP contribution in [0.5, 0.6) is 0 Å². The molecule has 0 spiro atoms. The van der Waals surface area contributed by atoms with E-state index >= 15 is 0 Å². The fraction of sp³-hybridized carbons (Fsp3) is 0.409. The number of aromatic nitrogens is 1. The number of allylic oxidation sites excluding steroid dienone is 5. The third-order valence-corrected chi connectivity index (χ3v) is 11.2. The van der Waals surface area contributed by atoms with Crippen LogP contribution in [0, 0.1) is 16.7 Å². The van der Waals surface area contributed by atoms with Crippen LogP contribution in [0.25, 0.3) is 28.1 Å². The predicted molar refractivity (Wildman–Crippen MR) is 197 cm³/mol. The van der Waals surface area contributed by atoms with Gasteiger partial charge in [-0.2, -0.15) is 0 Å². The normalized spacial score (nSPS) is 23.4. The van der Waals surface area contributed by atoms with E-state index in [1.807, 2.05) is 24.3 Å². The third-order valence-electron chi connectivity index (χ3n) is 11.2. The largest absolute Gasteiger partial charge is 0.848 e. The molecule has 0 amide bonds. The summed E-state index contributed by atoms with van der Waals surface area (Å²) in [7, 11) is 0. The van der Waals surface area contributed by atoms with Crippen molar-refractivity contribution in [2.45, 2.75) is 85.2 Å². The highest BCUT2D eigenvalue weighted by Crippen LogP contribution is 2.46. The molecule has 7 rings (SSSR count). The molecule has 2 aromatic carbocycles. The van der Waals surface area contributed by atoms with E-state index in [0.29, 0.717) is 5.57 Å². The first kappa shape index (κ1) is 34.4. The Morgan fingerprint density at radius 1 is 0.840 bits per heavy atom. The van der Waals surface area contributed by atoms with E-state index in [9.17, 15) is 20.1 Å². The Labute approximate surface area is 294 Å². The van der Waals surface area contributed by atoms with Crippen molar-refractivity contribution in [2.24, 2.45) is 16.7 Å². The zero-order valence-electron chi connectivity index (χ0n) is 29.9. The van der Waals surface area contributed by atoms with Gasteiger partial charge in [0.15, 0.2) is 5.78 Å². The van der Waals surface area contributed by atoms with E-state index in [2.05, 4.69) is 86.2 Å². The van der Waals surface area contributed by atoms with Crippen molar-refractivity contribution in [1.29, 1.82) is 0 Å². The van der Waals surface area contributed by atoms with Crippen LogP contribution in [0.3, 0.4) is 0 Å². The number of aliphatic hydroxyl groups is 2. The Hall–Kier alpha value is -4.10. The highest BCUT2D eigenvalue weighted by atomic mass is 16.3. The van der Waals surface area contributed by atoms with Crippen LogP contribution < -0.4 is 31.2 Å². The number of nitrogens with one attached hydrogen (secondary N) is 2. The van der Waals surface area contributed by atoms with Crippen molar-refractivity contribution in [3.05, 3.63) is 116 Å². The number of hydrogen-bond acceptors (Lipinski definition) is 4. The number of unbranched alkanes of at least 4 members (excludes halogenated alkanes) is 4. The molecule has 2 atom stereocenters. The van der Waals surface area contributed by atoms with Crippen LogP contribution in [0.2, 0.25) is 0 Å². The quantitative estimate of drug-likeness (QED) is 0.176. The molecule has 2 heterocycles. The molecule has 4 N–H and O–H groups in total. The van der Waals surface area contributed by atoms with Gasteiger partial charge in [-0.25, -0.2) is 4.99 Å². The second-order valence-electron chi connectivity index (χ2n) is 15.6. The van der Waals surface area contributed by atoms with E-state index in [4.69, 9.17) is 0 Å². The smallest absolute Gasteiger partial charge is 0.212 e. The van der Waals surface area contributed by atoms with Gasteiger partial charge < -0.3 is 20.3 Å². The number of rotatable bonds is 12. The number of carbonyl (C=O) groups excluding carboxylic acids is 1. The van der Waals surface area contributed by atoms with Gasteiger partial charge >= 0.3 is 0 Å². The van der Waals surface area contributed by atoms with E-state index in [-0.39, 0.29) is 24.4 Å². The fourth-order valence-electron chi connectivity index (χ4n) is 8.62. The van der Waals surface area contributed by atoms with Crippen molar-refractivity contribution in [3.8, 4) is 0 Å². The first-order valence-electron chi connectivity index (χ1n) is 18.4. The molecule has 3 aliphatic carbocycles. The summed E-state index contributed by atoms with van der Waals surface area (Å²) >= 11 is 0. The maximum atomic E-state index is 14.2. The van der Waals surface area contributed by atoms with Crippen LogP contribution >= 0.6 is 0 Å². The summed E-state index contributed by atoms with van der Waals surface area (Å²) in [5, 5.41) is 38.7. The summed E-state index contributed by atoms with van der Waals surface area (Å²) in [6.45, 7) is 9.04. The average molecular weight is 671 g/mol. The van der Waals surface area contributed by atoms with Crippen LogP contribution in [-0.2, 0) is 4.79 Å². The molecule has 260 valence electrons. The van der Waals surface area contributed by atoms with Crippen molar-refractivity contribution >= 4 is 33.9 Å². The molecule has 6 heteroatoms. The maximum Gasteiger partial charge on any atom is 0.212 e. The zero-order valence-corrected chi connectivity index (χ0v) is 29.9. The molecule has 2 unspecified atom stereocenters. The topological polar surface area (TPSA) is 110 Å². The summed E-state index contributed by atoms with van der Waals surface area (Å²) in [6.07, 6.45) is 14.1. The lowest BCUT2D eigenvalue weighted by Crippen LogP contribution is -2.74. The van der Waals surface area contributed by atoms with Gasteiger partial charge in [-0.05, 0) is 84.6 Å². The number of fused-ring (bicyclic) bond motifs is 5. The Bertz CT molecular complexity index is 2240. The minimum Gasteiger partial charge on any atom is -0.848 e. The summed E-state index contributed by atoms with van der Waals surface area (Å²) in [4.78, 5) is 21.4. The summed E-state index contributed by atoms with van der Waals surface area (Å²) in [5.74, 6) is -0.804. The van der Waals surface area contributed by atoms with Crippen LogP contribution in [-0.4, -0.2) is 40.3 Å². The molecule has 1 saturated carbocycles. The van der Waals surface area contributed by atoms with E-state index in [1.54, 1.807) is 0 Å². The molecule has 0 bridgehead atoms. The van der Waals surface area contributed by atoms with E-state index < -0.39 is 17.4 Å². The number of hydrogen-bond donors (Lipinski definition) is 4. The van der Waals surface area contributed by atoms with E-state index in [1.165, 1.54) is 16.4 Å². The van der Waals surface area contributed by atoms with Crippen molar-refractivity contribution in [3.63, 3.8) is 0 Å². The number of para-hydroxylation sites is 2. The Balaban J connectivity index is 1.30. The fourth-order valence-corrected chi connectivity index (χ4v) is 8.62. The molecule has 6 nitrogen and oxygen atoms in total. The summed E-state index contributed by atoms with van der Waals surface area (Å²) in [6, 6.07) is 16.7. The highest BCUT2D eigenvalue weighted by Gasteiger charge is 2.42. The van der Waals surface area contributed by atoms with Gasteiger partial charge in [0.25, 0.3) is 0 Å². The molecule has 0 saturated heterocycles. The number of Topliss-reactive ketones (excluding diaryl/α,β-unsaturated/α-hetero) is 1. The molecule has 4 aliphatic rings. The Morgan fingerprint density at radius 2 is 1.52 bits per heavy atom. The van der Waals surface area contributed by atoms with Gasteiger partial charge in [-0.1, -0.05) is 95.2 Å². The lowest BCUT2D eigenvalue weighted by atomic mass is 9.66. The van der Waals surface area contributed by atoms with E-state index in [0.717, 1.165) is 101 Å². The molecule has 0 radical (unpaired) electrons. The first-order valence-corrected chi connectivity index (χ1v) is 18.4. The minimum atomic E-state index is -1.14. The summed E-state index contributed by atoms with van der Waals surface area (Å²) < 4.78 is 0. The number of carbonyl (C=O) groups is 1. The zero-order chi connectivity index (χ0) is 35.2. The second kappa shape index (κ2) is 13.6. The summed E-state index contributed by atoms with van der Waals surface area (Å²) in [5.41, 5.74) is 7.42. The van der Waals surface area contributed by atoms with Crippen LogP contribution in [0.1, 0.15) is 79.1 Å². The van der Waals surface area contributed by atoms with Crippen LogP contribution in [0.15, 0.2) is 94.7 Å². The molecule has 50 heavy (non-hydrogen) atoms. The lowest BCUT2D eigenvalue weighted by molar-refractivity contribution is -0.433. The van der Waals surface area contributed by atoms with Crippen molar-refractivity contribution in [1.82, 2.24) is 4.98 Å². The highest BCUT2D eigenvalue weighted by molar-refractivity contribution is 6.08.